The van der Waals surface area contributed by atoms with E-state index < -0.39 is 0 Å². The van der Waals surface area contributed by atoms with Gasteiger partial charge < -0.3 is 9.73 Å². The fraction of sp³-hybridized carbons (Fsp3) is 0.294. The molecular weight excluding hydrogens is 342 g/mol. The van der Waals surface area contributed by atoms with Gasteiger partial charge in [-0.3, -0.25) is 4.40 Å². The topological polar surface area (TPSA) is 83.2 Å². The van der Waals surface area contributed by atoms with Crippen molar-refractivity contribution in [1.29, 1.82) is 0 Å². The third-order valence-corrected chi connectivity index (χ3v) is 5.30. The lowest BCUT2D eigenvalue weighted by Gasteiger charge is -2.09. The van der Waals surface area contributed by atoms with Gasteiger partial charge in [0.25, 0.3) is 5.52 Å². The minimum atomic E-state index is -0.0193. The molecule has 8 heteroatoms. The molecular formula is C17H14ClN5O2. The van der Waals surface area contributed by atoms with Gasteiger partial charge >= 0.3 is 0 Å². The minimum Gasteiger partial charge on any atom is -0.618 e. The van der Waals surface area contributed by atoms with Crippen LogP contribution < -0.4 is 4.73 Å². The van der Waals surface area contributed by atoms with Gasteiger partial charge in [0.2, 0.25) is 17.4 Å². The largest absolute Gasteiger partial charge is 0.618 e. The Bertz CT molecular complexity index is 1160. The van der Waals surface area contributed by atoms with E-state index >= 15 is 0 Å². The van der Waals surface area contributed by atoms with Crippen LogP contribution >= 0.6 is 11.6 Å². The zero-order valence-electron chi connectivity index (χ0n) is 13.7. The fourth-order valence-corrected chi connectivity index (χ4v) is 3.42. The normalized spacial score (nSPS) is 16.0. The first kappa shape index (κ1) is 14.7. The first-order valence-corrected chi connectivity index (χ1v) is 8.39. The van der Waals surface area contributed by atoms with Crippen molar-refractivity contribution in [2.45, 2.75) is 32.1 Å². The molecule has 7 nitrogen and oxygen atoms in total. The molecule has 126 valence electrons. The molecule has 0 atom stereocenters. The summed E-state index contributed by atoms with van der Waals surface area (Å²) in [6.45, 7) is 3.83. The smallest absolute Gasteiger partial charge is 0.259 e. The van der Waals surface area contributed by atoms with Gasteiger partial charge in [-0.25, -0.2) is 4.98 Å². The zero-order chi connectivity index (χ0) is 17.3. The Morgan fingerprint density at radius 3 is 2.92 bits per heavy atom. The molecule has 0 radical (unpaired) electrons. The first-order valence-electron chi connectivity index (χ1n) is 8.01. The van der Waals surface area contributed by atoms with Crippen molar-refractivity contribution in [3.8, 4) is 11.5 Å². The van der Waals surface area contributed by atoms with Gasteiger partial charge in [-0.2, -0.15) is 9.71 Å². The number of para-hydroxylation sites is 1. The maximum atomic E-state index is 12.7. The standard InChI is InChI=1S/C17H14ClN5O2/c1-9-13-12(15-20-16(25-21-15)17(2)6-7-17)19-8-22(13)11-5-3-4-10(18)14(11)23(9)24/h3-5,8H,6-7H2,1-2H3. The van der Waals surface area contributed by atoms with Crippen molar-refractivity contribution >= 4 is 28.2 Å². The summed E-state index contributed by atoms with van der Waals surface area (Å²) in [5.74, 6) is 1.02. The lowest BCUT2D eigenvalue weighted by molar-refractivity contribution is -0.583. The average molecular weight is 356 g/mol. The molecule has 0 bridgehead atoms. The summed E-state index contributed by atoms with van der Waals surface area (Å²) in [7, 11) is 0. The molecule has 0 N–H and O–H groups in total. The zero-order valence-corrected chi connectivity index (χ0v) is 14.4. The third kappa shape index (κ3) is 1.93. The summed E-state index contributed by atoms with van der Waals surface area (Å²) >= 11 is 6.22. The molecule has 0 amide bonds. The first-order chi connectivity index (χ1) is 12.0. The molecule has 4 aromatic rings. The highest BCUT2D eigenvalue weighted by atomic mass is 35.5. The Labute approximate surface area is 147 Å². The van der Waals surface area contributed by atoms with Gasteiger partial charge in [0.1, 0.15) is 28.1 Å². The lowest BCUT2D eigenvalue weighted by Crippen LogP contribution is -2.32. The summed E-state index contributed by atoms with van der Waals surface area (Å²) < 4.78 is 8.10. The van der Waals surface area contributed by atoms with E-state index in [-0.39, 0.29) is 5.41 Å². The van der Waals surface area contributed by atoms with Crippen molar-refractivity contribution < 1.29 is 9.25 Å². The summed E-state index contributed by atoms with van der Waals surface area (Å²) in [5.41, 5.74) is 2.74. The molecule has 1 aromatic carbocycles. The van der Waals surface area contributed by atoms with E-state index in [4.69, 9.17) is 16.1 Å². The molecule has 0 spiro atoms. The summed E-state index contributed by atoms with van der Waals surface area (Å²) in [4.78, 5) is 8.96. The Kier molecular flexibility index (Phi) is 2.75. The Balaban J connectivity index is 1.81. The molecule has 0 aliphatic heterocycles. The van der Waals surface area contributed by atoms with Crippen LogP contribution in [0, 0.1) is 12.1 Å². The van der Waals surface area contributed by atoms with Crippen molar-refractivity contribution in [2.24, 2.45) is 0 Å². The van der Waals surface area contributed by atoms with Crippen LogP contribution in [0.2, 0.25) is 5.02 Å². The van der Waals surface area contributed by atoms with E-state index in [0.29, 0.717) is 44.7 Å². The molecule has 25 heavy (non-hydrogen) atoms. The van der Waals surface area contributed by atoms with E-state index in [2.05, 4.69) is 22.0 Å². The molecule has 1 saturated carbocycles. The Morgan fingerprint density at radius 2 is 2.16 bits per heavy atom. The van der Waals surface area contributed by atoms with Gasteiger partial charge in [0.05, 0.1) is 0 Å². The van der Waals surface area contributed by atoms with Gasteiger partial charge in [-0.05, 0) is 25.0 Å². The van der Waals surface area contributed by atoms with Crippen LogP contribution in [0.1, 0.15) is 31.4 Å². The molecule has 0 unspecified atom stereocenters. The molecule has 0 saturated heterocycles. The van der Waals surface area contributed by atoms with Crippen LogP contribution in [-0.2, 0) is 5.41 Å². The SMILES string of the molecule is Cc1c2c(-c3noc(C4(C)CC4)n3)ncn2c2cccc(Cl)c2[n+]1[O-]. The number of hydrogen-bond acceptors (Lipinski definition) is 5. The predicted molar refractivity (Wildman–Crippen MR) is 91.3 cm³/mol. The summed E-state index contributed by atoms with van der Waals surface area (Å²) in [5, 5.41) is 17.2. The fourth-order valence-electron chi connectivity index (χ4n) is 3.17. The van der Waals surface area contributed by atoms with Crippen LogP contribution in [0.5, 0.6) is 0 Å². The molecule has 5 rings (SSSR count). The van der Waals surface area contributed by atoms with E-state index in [1.54, 1.807) is 25.4 Å². The lowest BCUT2D eigenvalue weighted by atomic mass is 10.1. The van der Waals surface area contributed by atoms with Crippen molar-refractivity contribution in [3.05, 3.63) is 46.3 Å². The van der Waals surface area contributed by atoms with Gasteiger partial charge in [0.15, 0.2) is 0 Å². The Morgan fingerprint density at radius 1 is 1.36 bits per heavy atom. The predicted octanol–water partition coefficient (Wildman–Crippen LogP) is 3.18. The van der Waals surface area contributed by atoms with Crippen LogP contribution in [0.4, 0.5) is 0 Å². The highest BCUT2D eigenvalue weighted by Crippen LogP contribution is 2.47. The molecule has 3 heterocycles. The monoisotopic (exact) mass is 355 g/mol. The highest BCUT2D eigenvalue weighted by molar-refractivity contribution is 6.34. The van der Waals surface area contributed by atoms with Crippen LogP contribution in [0.15, 0.2) is 29.0 Å². The summed E-state index contributed by atoms with van der Waals surface area (Å²) in [6.07, 6.45) is 3.74. The molecule has 1 fully saturated rings. The van der Waals surface area contributed by atoms with Crippen molar-refractivity contribution in [1.82, 2.24) is 19.5 Å². The van der Waals surface area contributed by atoms with Gasteiger partial charge in [-0.15, -0.1) is 0 Å². The minimum absolute atomic E-state index is 0.0193. The highest BCUT2D eigenvalue weighted by Gasteiger charge is 2.44. The number of fused-ring (bicyclic) bond motifs is 3. The quantitative estimate of drug-likeness (QED) is 0.407. The average Bonchev–Trinajstić information content (AvgIpc) is 3.04. The van der Waals surface area contributed by atoms with Crippen molar-refractivity contribution in [2.75, 3.05) is 0 Å². The van der Waals surface area contributed by atoms with Crippen LogP contribution in [0.3, 0.4) is 0 Å². The second-order valence-electron chi connectivity index (χ2n) is 6.78. The van der Waals surface area contributed by atoms with Gasteiger partial charge in [-0.1, -0.05) is 29.7 Å². The molecule has 1 aliphatic rings. The summed E-state index contributed by atoms with van der Waals surface area (Å²) in [6, 6.07) is 5.34. The second kappa shape index (κ2) is 4.70. The second-order valence-corrected chi connectivity index (χ2v) is 7.19. The number of hydrogen-bond donors (Lipinski definition) is 0. The Hall–Kier alpha value is -2.67. The van der Waals surface area contributed by atoms with E-state index in [0.717, 1.165) is 17.6 Å². The molecule has 3 aromatic heterocycles. The number of nitrogens with zero attached hydrogens (tertiary/aromatic N) is 5. The number of halogens is 1. The third-order valence-electron chi connectivity index (χ3n) is 5.00. The van der Waals surface area contributed by atoms with Crippen molar-refractivity contribution in [3.63, 3.8) is 0 Å². The number of rotatable bonds is 2. The van der Waals surface area contributed by atoms with E-state index in [1.165, 1.54) is 0 Å². The number of benzene rings is 1. The maximum Gasteiger partial charge on any atom is 0.259 e. The van der Waals surface area contributed by atoms with Crippen LogP contribution in [0.25, 0.3) is 28.1 Å². The molecule has 1 aliphatic carbocycles. The van der Waals surface area contributed by atoms with Crippen LogP contribution in [-0.4, -0.2) is 19.5 Å². The maximum absolute atomic E-state index is 12.7. The number of aromatic nitrogens is 5. The van der Waals surface area contributed by atoms with E-state index in [9.17, 15) is 5.21 Å². The van der Waals surface area contributed by atoms with Gasteiger partial charge in [0, 0.05) is 12.3 Å². The number of aryl methyl sites for hydroxylation is 1. The van der Waals surface area contributed by atoms with E-state index in [1.807, 2.05) is 10.5 Å². The number of imidazole rings is 1.